The third-order valence-electron chi connectivity index (χ3n) is 4.30. The zero-order valence-corrected chi connectivity index (χ0v) is 12.5. The minimum Gasteiger partial charge on any atom is -0.493 e. The Bertz CT molecular complexity index is 604. The molecule has 2 heteroatoms. The summed E-state index contributed by atoms with van der Waals surface area (Å²) in [6, 6.07) is 16.4. The summed E-state index contributed by atoms with van der Waals surface area (Å²) in [4.78, 5) is 0. The predicted molar refractivity (Wildman–Crippen MR) is 84.7 cm³/mol. The van der Waals surface area contributed by atoms with Crippen molar-refractivity contribution in [3.8, 4) is 5.75 Å². The molecule has 2 atom stereocenters. The van der Waals surface area contributed by atoms with Crippen LogP contribution in [0.2, 0.25) is 0 Å². The van der Waals surface area contributed by atoms with E-state index in [0.717, 1.165) is 11.3 Å². The molecule has 0 fully saturated rings. The lowest BCUT2D eigenvalue weighted by atomic mass is 9.83. The molecule has 0 amide bonds. The maximum atomic E-state index is 9.82. The molecule has 2 aromatic carbocycles. The van der Waals surface area contributed by atoms with Gasteiger partial charge in [0.05, 0.1) is 12.7 Å². The highest BCUT2D eigenvalue weighted by Crippen LogP contribution is 2.33. The number of aliphatic hydroxyl groups is 1. The molecule has 2 aromatic rings. The molecule has 0 aliphatic heterocycles. The van der Waals surface area contributed by atoms with Crippen LogP contribution in [0, 0.1) is 0 Å². The first-order valence-electron chi connectivity index (χ1n) is 7.73. The molecule has 1 aliphatic carbocycles. The van der Waals surface area contributed by atoms with Crippen LogP contribution in [0.15, 0.2) is 48.5 Å². The van der Waals surface area contributed by atoms with E-state index in [-0.39, 0.29) is 0 Å². The highest BCUT2D eigenvalue weighted by Gasteiger charge is 2.20. The summed E-state index contributed by atoms with van der Waals surface area (Å²) in [6.07, 6.45) is 3.08. The van der Waals surface area contributed by atoms with Crippen molar-refractivity contribution in [1.82, 2.24) is 0 Å². The van der Waals surface area contributed by atoms with Crippen LogP contribution < -0.4 is 4.74 Å². The Morgan fingerprint density at radius 3 is 2.76 bits per heavy atom. The number of para-hydroxylation sites is 1. The van der Waals surface area contributed by atoms with Gasteiger partial charge in [-0.2, -0.15) is 0 Å². The first-order chi connectivity index (χ1) is 10.3. The van der Waals surface area contributed by atoms with Crippen LogP contribution in [0.25, 0.3) is 0 Å². The first kappa shape index (κ1) is 14.2. The molecule has 2 unspecified atom stereocenters. The van der Waals surface area contributed by atoms with Crippen LogP contribution in [-0.4, -0.2) is 11.7 Å². The van der Waals surface area contributed by atoms with Crippen LogP contribution in [0.1, 0.15) is 48.5 Å². The van der Waals surface area contributed by atoms with Crippen LogP contribution >= 0.6 is 0 Å². The Morgan fingerprint density at radius 1 is 1.14 bits per heavy atom. The van der Waals surface area contributed by atoms with E-state index < -0.39 is 6.10 Å². The van der Waals surface area contributed by atoms with Crippen molar-refractivity contribution in [1.29, 1.82) is 0 Å². The smallest absolute Gasteiger partial charge is 0.125 e. The maximum Gasteiger partial charge on any atom is 0.125 e. The number of rotatable bonds is 4. The lowest BCUT2D eigenvalue weighted by molar-refractivity contribution is 0.189. The van der Waals surface area contributed by atoms with Crippen LogP contribution in [0.4, 0.5) is 0 Å². The zero-order valence-electron chi connectivity index (χ0n) is 12.5. The molecule has 0 spiro atoms. The van der Waals surface area contributed by atoms with Gasteiger partial charge in [-0.25, -0.2) is 0 Å². The fourth-order valence-corrected chi connectivity index (χ4v) is 3.18. The van der Waals surface area contributed by atoms with Gasteiger partial charge in [-0.05, 0) is 43.4 Å². The normalized spacial score (nSPS) is 18.9. The Balaban J connectivity index is 1.75. The summed E-state index contributed by atoms with van der Waals surface area (Å²) in [5.74, 6) is 1.26. The maximum absolute atomic E-state index is 9.82. The van der Waals surface area contributed by atoms with Gasteiger partial charge in [0.2, 0.25) is 0 Å². The van der Waals surface area contributed by atoms with E-state index in [1.807, 2.05) is 24.3 Å². The first-order valence-corrected chi connectivity index (χ1v) is 7.73. The molecule has 1 aliphatic rings. The minimum absolute atomic E-state index is 0.456. The summed E-state index contributed by atoms with van der Waals surface area (Å²) in [7, 11) is 0. The fraction of sp³-hybridized carbons (Fsp3) is 0.368. The van der Waals surface area contributed by atoms with Gasteiger partial charge in [-0.3, -0.25) is 0 Å². The lowest BCUT2D eigenvalue weighted by Crippen LogP contribution is -2.17. The number of hydrogen-bond acceptors (Lipinski definition) is 2. The highest BCUT2D eigenvalue weighted by atomic mass is 16.5. The van der Waals surface area contributed by atoms with Crippen molar-refractivity contribution in [3.63, 3.8) is 0 Å². The highest BCUT2D eigenvalue weighted by molar-refractivity contribution is 5.36. The average molecular weight is 282 g/mol. The number of aryl methyl sites for hydroxylation is 1. The third kappa shape index (κ3) is 3.11. The van der Waals surface area contributed by atoms with Crippen molar-refractivity contribution in [2.45, 2.75) is 38.2 Å². The Labute approximate surface area is 126 Å². The molecule has 0 saturated heterocycles. The van der Waals surface area contributed by atoms with Gasteiger partial charge in [0.25, 0.3) is 0 Å². The fourth-order valence-electron chi connectivity index (χ4n) is 3.18. The molecule has 3 rings (SSSR count). The van der Waals surface area contributed by atoms with E-state index in [1.165, 1.54) is 30.4 Å². The van der Waals surface area contributed by atoms with Crippen molar-refractivity contribution < 1.29 is 9.84 Å². The summed E-state index contributed by atoms with van der Waals surface area (Å²) in [5, 5.41) is 9.82. The van der Waals surface area contributed by atoms with Crippen LogP contribution in [0.5, 0.6) is 5.75 Å². The second-order valence-electron chi connectivity index (χ2n) is 5.81. The van der Waals surface area contributed by atoms with Crippen molar-refractivity contribution in [2.75, 3.05) is 6.61 Å². The van der Waals surface area contributed by atoms with Gasteiger partial charge < -0.3 is 9.84 Å². The predicted octanol–water partition coefficient (Wildman–Crippen LogP) is 4.24. The summed E-state index contributed by atoms with van der Waals surface area (Å²) >= 11 is 0. The molecule has 0 heterocycles. The molecule has 21 heavy (non-hydrogen) atoms. The second-order valence-corrected chi connectivity index (χ2v) is 5.81. The summed E-state index contributed by atoms with van der Waals surface area (Å²) in [6.45, 7) is 2.46. The molecule has 0 aromatic heterocycles. The standard InChI is InChI=1S/C19H22O2/c1-14(20)17-10-4-5-12-19(17)21-13-16-9-6-8-15-7-2-3-11-18(15)16/h2-5,7,10-12,14,16,20H,6,8-9,13H2,1H3. The van der Waals surface area contributed by atoms with Gasteiger partial charge in [0.1, 0.15) is 5.75 Å². The van der Waals surface area contributed by atoms with Gasteiger partial charge in [-0.15, -0.1) is 0 Å². The van der Waals surface area contributed by atoms with Crippen LogP contribution in [0.3, 0.4) is 0 Å². The number of ether oxygens (including phenoxy) is 1. The van der Waals surface area contributed by atoms with Gasteiger partial charge >= 0.3 is 0 Å². The van der Waals surface area contributed by atoms with E-state index in [0.29, 0.717) is 12.5 Å². The van der Waals surface area contributed by atoms with Gasteiger partial charge in [0, 0.05) is 11.5 Å². The van der Waals surface area contributed by atoms with Crippen molar-refractivity contribution in [2.24, 2.45) is 0 Å². The molecule has 0 bridgehead atoms. The SMILES string of the molecule is CC(O)c1ccccc1OCC1CCCc2ccccc21. The van der Waals surface area contributed by atoms with Crippen LogP contribution in [-0.2, 0) is 6.42 Å². The number of fused-ring (bicyclic) bond motifs is 1. The molecule has 110 valence electrons. The van der Waals surface area contributed by atoms with Crippen molar-refractivity contribution in [3.05, 3.63) is 65.2 Å². The largest absolute Gasteiger partial charge is 0.493 e. The summed E-state index contributed by atoms with van der Waals surface area (Å²) in [5.41, 5.74) is 3.75. The monoisotopic (exact) mass is 282 g/mol. The van der Waals surface area contributed by atoms with E-state index in [4.69, 9.17) is 4.74 Å². The quantitative estimate of drug-likeness (QED) is 0.909. The Morgan fingerprint density at radius 2 is 1.90 bits per heavy atom. The molecular formula is C19H22O2. The topological polar surface area (TPSA) is 29.5 Å². The molecule has 0 saturated carbocycles. The molecule has 1 N–H and O–H groups in total. The zero-order chi connectivity index (χ0) is 14.7. The van der Waals surface area contributed by atoms with E-state index in [9.17, 15) is 5.11 Å². The van der Waals surface area contributed by atoms with E-state index in [2.05, 4.69) is 24.3 Å². The number of hydrogen-bond donors (Lipinski definition) is 1. The molecule has 0 radical (unpaired) electrons. The Hall–Kier alpha value is -1.80. The average Bonchev–Trinajstić information content (AvgIpc) is 2.53. The molecule has 2 nitrogen and oxygen atoms in total. The van der Waals surface area contributed by atoms with Crippen molar-refractivity contribution >= 4 is 0 Å². The Kier molecular flexibility index (Phi) is 4.26. The summed E-state index contributed by atoms with van der Waals surface area (Å²) < 4.78 is 6.03. The minimum atomic E-state index is -0.500. The van der Waals surface area contributed by atoms with E-state index in [1.54, 1.807) is 6.92 Å². The van der Waals surface area contributed by atoms with Gasteiger partial charge in [0.15, 0.2) is 0 Å². The lowest BCUT2D eigenvalue weighted by Gasteiger charge is -2.26. The second kappa shape index (κ2) is 6.31. The number of aliphatic hydroxyl groups excluding tert-OH is 1. The van der Waals surface area contributed by atoms with Gasteiger partial charge in [-0.1, -0.05) is 42.5 Å². The van der Waals surface area contributed by atoms with E-state index >= 15 is 0 Å². The third-order valence-corrected chi connectivity index (χ3v) is 4.30. The molecular weight excluding hydrogens is 260 g/mol. The number of benzene rings is 2.